The van der Waals surface area contributed by atoms with E-state index in [9.17, 15) is 9.59 Å². The van der Waals surface area contributed by atoms with Gasteiger partial charge in [0, 0.05) is 17.5 Å². The molecule has 1 heterocycles. The first-order chi connectivity index (χ1) is 11.5. The molecule has 0 radical (unpaired) electrons. The minimum Gasteiger partial charge on any atom is -0.479 e. The van der Waals surface area contributed by atoms with E-state index >= 15 is 0 Å². The number of H-pyrrole nitrogens is 1. The van der Waals surface area contributed by atoms with Gasteiger partial charge in [-0.3, -0.25) is 4.79 Å². The predicted octanol–water partition coefficient (Wildman–Crippen LogP) is 3.36. The normalized spacial score (nSPS) is 12.1. The number of hydrogen-bond donors (Lipinski definition) is 2. The number of carbonyl (C=O) groups is 1. The summed E-state index contributed by atoms with van der Waals surface area (Å²) in [5.74, 6) is -0.646. The van der Waals surface area contributed by atoms with Crippen molar-refractivity contribution in [3.8, 4) is 16.9 Å². The summed E-state index contributed by atoms with van der Waals surface area (Å²) in [5, 5.41) is 9.82. The first-order valence-corrected chi connectivity index (χ1v) is 7.58. The lowest BCUT2D eigenvalue weighted by molar-refractivity contribution is -0.144. The second-order valence-electron chi connectivity index (χ2n) is 5.67. The van der Waals surface area contributed by atoms with Crippen LogP contribution in [0.25, 0.3) is 22.0 Å². The van der Waals surface area contributed by atoms with Crippen LogP contribution in [0.4, 0.5) is 0 Å². The van der Waals surface area contributed by atoms with E-state index in [0.29, 0.717) is 11.3 Å². The van der Waals surface area contributed by atoms with Gasteiger partial charge in [0.25, 0.3) is 0 Å². The largest absolute Gasteiger partial charge is 0.479 e. The third-order valence-corrected chi connectivity index (χ3v) is 3.91. The molecule has 3 rings (SSSR count). The molecule has 0 amide bonds. The van der Waals surface area contributed by atoms with Crippen LogP contribution in [0.5, 0.6) is 5.75 Å². The molecule has 1 aromatic heterocycles. The molecular formula is C19H17NO4. The number of aromatic nitrogens is 1. The van der Waals surface area contributed by atoms with Crippen molar-refractivity contribution in [3.63, 3.8) is 0 Å². The van der Waals surface area contributed by atoms with Crippen molar-refractivity contribution in [2.75, 3.05) is 0 Å². The zero-order valence-electron chi connectivity index (χ0n) is 13.4. The number of nitrogens with one attached hydrogen (secondary N) is 1. The second kappa shape index (κ2) is 6.20. The quantitative estimate of drug-likeness (QED) is 0.771. The van der Waals surface area contributed by atoms with Crippen molar-refractivity contribution in [2.45, 2.75) is 20.0 Å². The highest BCUT2D eigenvalue weighted by Crippen LogP contribution is 2.30. The molecule has 0 aliphatic carbocycles. The van der Waals surface area contributed by atoms with Crippen LogP contribution in [0.3, 0.4) is 0 Å². The van der Waals surface area contributed by atoms with E-state index in [-0.39, 0.29) is 5.56 Å². The van der Waals surface area contributed by atoms with Crippen LogP contribution >= 0.6 is 0 Å². The maximum atomic E-state index is 12.0. The van der Waals surface area contributed by atoms with Crippen LogP contribution in [0.15, 0.2) is 53.3 Å². The number of pyridine rings is 1. The predicted molar refractivity (Wildman–Crippen MR) is 92.5 cm³/mol. The van der Waals surface area contributed by atoms with Gasteiger partial charge in [-0.25, -0.2) is 4.79 Å². The number of carboxylic acids is 1. The van der Waals surface area contributed by atoms with Gasteiger partial charge in [0.15, 0.2) is 6.10 Å². The third-order valence-electron chi connectivity index (χ3n) is 3.91. The Balaban J connectivity index is 2.14. The first-order valence-electron chi connectivity index (χ1n) is 7.58. The lowest BCUT2D eigenvalue weighted by Gasteiger charge is -2.13. The summed E-state index contributed by atoms with van der Waals surface area (Å²) in [5.41, 5.74) is 3.29. The highest BCUT2D eigenvalue weighted by Gasteiger charge is 2.14. The standard InChI is InChI=1S/C19H17NO4/c1-11-5-3-4-6-14(11)16-10-18(21)20-17-9-13(7-8-15(16)17)24-12(2)19(22)23/h3-10,12H,1-2H3,(H,20,21)(H,22,23)/t12-/m1/s1. The van der Waals surface area contributed by atoms with Crippen LogP contribution < -0.4 is 10.3 Å². The molecule has 0 saturated heterocycles. The molecule has 0 bridgehead atoms. The highest BCUT2D eigenvalue weighted by molar-refractivity contribution is 5.95. The van der Waals surface area contributed by atoms with Gasteiger partial charge in [-0.1, -0.05) is 24.3 Å². The molecular weight excluding hydrogens is 306 g/mol. The van der Waals surface area contributed by atoms with Crippen LogP contribution in [0, 0.1) is 6.92 Å². The van der Waals surface area contributed by atoms with E-state index in [1.165, 1.54) is 6.92 Å². The molecule has 0 saturated carbocycles. The SMILES string of the molecule is Cc1ccccc1-c1cc(=O)[nH]c2cc(O[C@H](C)C(=O)O)ccc12. The van der Waals surface area contributed by atoms with E-state index in [2.05, 4.69) is 4.98 Å². The number of benzene rings is 2. The summed E-state index contributed by atoms with van der Waals surface area (Å²) >= 11 is 0. The highest BCUT2D eigenvalue weighted by atomic mass is 16.5. The van der Waals surface area contributed by atoms with Gasteiger partial charge < -0.3 is 14.8 Å². The number of aryl methyl sites for hydroxylation is 1. The van der Waals surface area contributed by atoms with Gasteiger partial charge in [0.05, 0.1) is 5.52 Å². The summed E-state index contributed by atoms with van der Waals surface area (Å²) in [7, 11) is 0. The Labute approximate surface area is 138 Å². The van der Waals surface area contributed by atoms with Crippen molar-refractivity contribution in [2.24, 2.45) is 0 Å². The minimum absolute atomic E-state index is 0.218. The maximum absolute atomic E-state index is 12.0. The number of aromatic amines is 1. The number of ether oxygens (including phenoxy) is 1. The maximum Gasteiger partial charge on any atom is 0.344 e. The van der Waals surface area contributed by atoms with Crippen molar-refractivity contribution in [1.29, 1.82) is 0 Å². The molecule has 3 aromatic rings. The summed E-state index contributed by atoms with van der Waals surface area (Å²) in [6.07, 6.45) is -0.964. The number of fused-ring (bicyclic) bond motifs is 1. The molecule has 1 atom stereocenters. The number of rotatable bonds is 4. The fourth-order valence-electron chi connectivity index (χ4n) is 2.67. The van der Waals surface area contributed by atoms with E-state index in [1.807, 2.05) is 37.3 Å². The van der Waals surface area contributed by atoms with Crippen molar-refractivity contribution < 1.29 is 14.6 Å². The Morgan fingerprint density at radius 1 is 1.12 bits per heavy atom. The molecule has 0 aliphatic rings. The van der Waals surface area contributed by atoms with Gasteiger partial charge in [0.1, 0.15) is 5.75 Å². The van der Waals surface area contributed by atoms with E-state index in [0.717, 1.165) is 22.1 Å². The molecule has 0 spiro atoms. The summed E-state index contributed by atoms with van der Waals surface area (Å²) < 4.78 is 5.37. The van der Waals surface area contributed by atoms with E-state index in [1.54, 1.807) is 18.2 Å². The van der Waals surface area contributed by atoms with Crippen LogP contribution in [0.2, 0.25) is 0 Å². The molecule has 0 aliphatic heterocycles. The Kier molecular flexibility index (Phi) is 4.08. The monoisotopic (exact) mass is 323 g/mol. The van der Waals surface area contributed by atoms with Gasteiger partial charge in [-0.05, 0) is 42.7 Å². The Bertz CT molecular complexity index is 975. The Morgan fingerprint density at radius 2 is 1.88 bits per heavy atom. The molecule has 2 aromatic carbocycles. The topological polar surface area (TPSA) is 79.4 Å². The first kappa shape index (κ1) is 15.8. The molecule has 0 unspecified atom stereocenters. The number of aliphatic carboxylic acids is 1. The van der Waals surface area contributed by atoms with Gasteiger partial charge >= 0.3 is 5.97 Å². The van der Waals surface area contributed by atoms with E-state index < -0.39 is 12.1 Å². The molecule has 5 heteroatoms. The molecule has 24 heavy (non-hydrogen) atoms. The molecule has 2 N–H and O–H groups in total. The van der Waals surface area contributed by atoms with Gasteiger partial charge in [-0.15, -0.1) is 0 Å². The lowest BCUT2D eigenvalue weighted by Crippen LogP contribution is -2.22. The van der Waals surface area contributed by atoms with Crippen LogP contribution in [-0.2, 0) is 4.79 Å². The zero-order chi connectivity index (χ0) is 17.3. The fourth-order valence-corrected chi connectivity index (χ4v) is 2.67. The third kappa shape index (κ3) is 3.01. The van der Waals surface area contributed by atoms with Gasteiger partial charge in [0.2, 0.25) is 5.56 Å². The van der Waals surface area contributed by atoms with Crippen molar-refractivity contribution in [3.05, 3.63) is 64.4 Å². The smallest absolute Gasteiger partial charge is 0.344 e. The summed E-state index contributed by atoms with van der Waals surface area (Å²) in [4.78, 5) is 25.7. The lowest BCUT2D eigenvalue weighted by atomic mass is 9.97. The number of carboxylic acid groups (broad SMARTS) is 1. The molecule has 122 valence electrons. The second-order valence-corrected chi connectivity index (χ2v) is 5.67. The summed E-state index contributed by atoms with van der Waals surface area (Å²) in [6, 6.07) is 14.6. The van der Waals surface area contributed by atoms with Crippen molar-refractivity contribution >= 4 is 16.9 Å². The zero-order valence-corrected chi connectivity index (χ0v) is 13.4. The average Bonchev–Trinajstić information content (AvgIpc) is 2.54. The van der Waals surface area contributed by atoms with E-state index in [4.69, 9.17) is 9.84 Å². The molecule has 5 nitrogen and oxygen atoms in total. The molecule has 0 fully saturated rings. The van der Waals surface area contributed by atoms with Crippen LogP contribution in [0.1, 0.15) is 12.5 Å². The Hall–Kier alpha value is -3.08. The van der Waals surface area contributed by atoms with Crippen molar-refractivity contribution in [1.82, 2.24) is 4.98 Å². The number of hydrogen-bond acceptors (Lipinski definition) is 3. The Morgan fingerprint density at radius 3 is 2.58 bits per heavy atom. The fraction of sp³-hybridized carbons (Fsp3) is 0.158. The van der Waals surface area contributed by atoms with Crippen LogP contribution in [-0.4, -0.2) is 22.2 Å². The van der Waals surface area contributed by atoms with Gasteiger partial charge in [-0.2, -0.15) is 0 Å². The average molecular weight is 323 g/mol. The minimum atomic E-state index is -1.04. The summed E-state index contributed by atoms with van der Waals surface area (Å²) in [6.45, 7) is 3.45.